The standard InChI is InChI=1S/C19H23N3O2S2/c1-21-8-10-22(11-9-21)19(25)20-17-16(18(23)24-2)13-15(26-17)12-14-6-4-3-5-7-14/h3-7,13H,8-12H2,1-2H3,(H,20,25). The number of hydrogen-bond acceptors (Lipinski definition) is 5. The van der Waals surface area contributed by atoms with Crippen LogP contribution in [0, 0.1) is 0 Å². The maximum absolute atomic E-state index is 12.2. The third-order valence-corrected chi connectivity index (χ3v) is 5.83. The number of benzene rings is 1. The average molecular weight is 390 g/mol. The molecule has 26 heavy (non-hydrogen) atoms. The Morgan fingerprint density at radius 1 is 1.23 bits per heavy atom. The first-order chi connectivity index (χ1) is 12.6. The highest BCUT2D eigenvalue weighted by Crippen LogP contribution is 2.31. The normalized spacial score (nSPS) is 14.9. The van der Waals surface area contributed by atoms with E-state index in [9.17, 15) is 4.79 Å². The summed E-state index contributed by atoms with van der Waals surface area (Å²) in [5.74, 6) is -0.343. The largest absolute Gasteiger partial charge is 0.465 e. The van der Waals surface area contributed by atoms with E-state index in [2.05, 4.69) is 34.3 Å². The molecule has 0 bridgehead atoms. The number of carbonyl (C=O) groups excluding carboxylic acids is 1. The van der Waals surface area contributed by atoms with Gasteiger partial charge in [-0.05, 0) is 30.9 Å². The van der Waals surface area contributed by atoms with Gasteiger partial charge in [-0.15, -0.1) is 11.3 Å². The van der Waals surface area contributed by atoms with Crippen molar-refractivity contribution in [1.29, 1.82) is 0 Å². The Bertz CT molecular complexity index is 768. The van der Waals surface area contributed by atoms with Crippen LogP contribution in [0.25, 0.3) is 0 Å². The van der Waals surface area contributed by atoms with E-state index < -0.39 is 0 Å². The van der Waals surface area contributed by atoms with E-state index in [-0.39, 0.29) is 5.97 Å². The maximum atomic E-state index is 12.2. The molecule has 0 atom stereocenters. The highest BCUT2D eigenvalue weighted by Gasteiger charge is 2.21. The molecule has 0 amide bonds. The van der Waals surface area contributed by atoms with Gasteiger partial charge in [0.25, 0.3) is 0 Å². The molecular weight excluding hydrogens is 366 g/mol. The van der Waals surface area contributed by atoms with Crippen LogP contribution in [0.2, 0.25) is 0 Å². The third-order valence-electron chi connectivity index (χ3n) is 4.42. The number of esters is 1. The number of rotatable bonds is 4. The van der Waals surface area contributed by atoms with Crippen LogP contribution in [0.5, 0.6) is 0 Å². The zero-order valence-electron chi connectivity index (χ0n) is 15.0. The van der Waals surface area contributed by atoms with Crippen molar-refractivity contribution in [1.82, 2.24) is 9.80 Å². The number of thiophene rings is 1. The van der Waals surface area contributed by atoms with Gasteiger partial charge in [0, 0.05) is 37.5 Å². The van der Waals surface area contributed by atoms with Crippen molar-refractivity contribution in [3.8, 4) is 0 Å². The number of nitrogens with one attached hydrogen (secondary N) is 1. The summed E-state index contributed by atoms with van der Waals surface area (Å²) in [7, 11) is 3.51. The SMILES string of the molecule is COC(=O)c1cc(Cc2ccccc2)sc1NC(=S)N1CCN(C)CC1. The molecule has 1 aliphatic heterocycles. The number of carbonyl (C=O) groups is 1. The number of piperazine rings is 1. The van der Waals surface area contributed by atoms with E-state index in [1.807, 2.05) is 24.3 Å². The number of ether oxygens (including phenoxy) is 1. The molecule has 2 aromatic rings. The van der Waals surface area contributed by atoms with Crippen LogP contribution in [0.4, 0.5) is 5.00 Å². The lowest BCUT2D eigenvalue weighted by atomic mass is 10.1. The van der Waals surface area contributed by atoms with Crippen molar-refractivity contribution in [3.63, 3.8) is 0 Å². The number of likely N-dealkylation sites (N-methyl/N-ethyl adjacent to an activating group) is 1. The van der Waals surface area contributed by atoms with Crippen molar-refractivity contribution in [2.24, 2.45) is 0 Å². The molecule has 0 radical (unpaired) electrons. The molecule has 7 heteroatoms. The second-order valence-electron chi connectivity index (χ2n) is 6.33. The molecule has 1 aromatic heterocycles. The van der Waals surface area contributed by atoms with Gasteiger partial charge in [-0.2, -0.15) is 0 Å². The lowest BCUT2D eigenvalue weighted by Crippen LogP contribution is -2.48. The van der Waals surface area contributed by atoms with Crippen LogP contribution in [0.1, 0.15) is 20.8 Å². The van der Waals surface area contributed by atoms with Gasteiger partial charge in [-0.3, -0.25) is 0 Å². The highest BCUT2D eigenvalue weighted by atomic mass is 32.1. The number of hydrogen-bond donors (Lipinski definition) is 1. The van der Waals surface area contributed by atoms with E-state index in [1.54, 1.807) is 11.3 Å². The van der Waals surface area contributed by atoms with Crippen molar-refractivity contribution >= 4 is 39.6 Å². The summed E-state index contributed by atoms with van der Waals surface area (Å²) in [5.41, 5.74) is 1.75. The summed E-state index contributed by atoms with van der Waals surface area (Å²) in [6.07, 6.45) is 0.776. The molecular formula is C19H23N3O2S2. The quantitative estimate of drug-likeness (QED) is 0.641. The third kappa shape index (κ3) is 4.60. The molecule has 3 rings (SSSR count). The first-order valence-electron chi connectivity index (χ1n) is 8.56. The van der Waals surface area contributed by atoms with Crippen molar-refractivity contribution in [2.75, 3.05) is 45.7 Å². The van der Waals surface area contributed by atoms with Crippen LogP contribution in [-0.2, 0) is 11.2 Å². The van der Waals surface area contributed by atoms with Gasteiger partial charge in [0.1, 0.15) is 5.00 Å². The number of methoxy groups -OCH3 is 1. The fraction of sp³-hybridized carbons (Fsp3) is 0.368. The van der Waals surface area contributed by atoms with Crippen LogP contribution in [0.3, 0.4) is 0 Å². The molecule has 1 aromatic carbocycles. The van der Waals surface area contributed by atoms with Crippen LogP contribution in [0.15, 0.2) is 36.4 Å². The predicted octanol–water partition coefficient (Wildman–Crippen LogP) is 3.07. The molecule has 0 saturated carbocycles. The van der Waals surface area contributed by atoms with Gasteiger partial charge < -0.3 is 19.9 Å². The second kappa shape index (κ2) is 8.62. The molecule has 1 fully saturated rings. The fourth-order valence-electron chi connectivity index (χ4n) is 2.87. The Morgan fingerprint density at radius 2 is 1.92 bits per heavy atom. The monoisotopic (exact) mass is 389 g/mol. The maximum Gasteiger partial charge on any atom is 0.340 e. The molecule has 138 valence electrons. The Morgan fingerprint density at radius 3 is 2.58 bits per heavy atom. The Kier molecular flexibility index (Phi) is 6.24. The van der Waals surface area contributed by atoms with Gasteiger partial charge in [0.15, 0.2) is 5.11 Å². The predicted molar refractivity (Wildman–Crippen MR) is 110 cm³/mol. The minimum atomic E-state index is -0.343. The molecule has 0 spiro atoms. The summed E-state index contributed by atoms with van der Waals surface area (Å²) in [6.45, 7) is 3.74. The number of thiocarbonyl (C=S) groups is 1. The second-order valence-corrected chi connectivity index (χ2v) is 7.85. The highest BCUT2D eigenvalue weighted by molar-refractivity contribution is 7.80. The molecule has 5 nitrogen and oxygen atoms in total. The van der Waals surface area contributed by atoms with Gasteiger partial charge in [-0.25, -0.2) is 4.79 Å². The first-order valence-corrected chi connectivity index (χ1v) is 9.78. The summed E-state index contributed by atoms with van der Waals surface area (Å²) >= 11 is 7.12. The first kappa shape index (κ1) is 18.8. The van der Waals surface area contributed by atoms with Gasteiger partial charge >= 0.3 is 5.97 Å². The van der Waals surface area contributed by atoms with Crippen molar-refractivity contribution < 1.29 is 9.53 Å². The summed E-state index contributed by atoms with van der Waals surface area (Å²) in [4.78, 5) is 17.7. The Balaban J connectivity index is 1.76. The summed E-state index contributed by atoms with van der Waals surface area (Å²) in [6, 6.07) is 12.1. The number of anilines is 1. The van der Waals surface area contributed by atoms with E-state index in [0.29, 0.717) is 10.7 Å². The molecule has 1 N–H and O–H groups in total. The topological polar surface area (TPSA) is 44.8 Å². The Labute approximate surface area is 163 Å². The van der Waals surface area contributed by atoms with Gasteiger partial charge in [0.05, 0.1) is 12.7 Å². The fourth-order valence-corrected chi connectivity index (χ4v) is 4.29. The zero-order valence-corrected chi connectivity index (χ0v) is 16.7. The van der Waals surface area contributed by atoms with E-state index in [4.69, 9.17) is 17.0 Å². The van der Waals surface area contributed by atoms with Crippen LogP contribution >= 0.6 is 23.6 Å². The lowest BCUT2D eigenvalue weighted by molar-refractivity contribution is 0.0602. The summed E-state index contributed by atoms with van der Waals surface area (Å²) in [5, 5.41) is 4.69. The lowest BCUT2D eigenvalue weighted by Gasteiger charge is -2.34. The van der Waals surface area contributed by atoms with E-state index >= 15 is 0 Å². The van der Waals surface area contributed by atoms with E-state index in [0.717, 1.165) is 42.5 Å². The van der Waals surface area contributed by atoms with E-state index in [1.165, 1.54) is 12.7 Å². The van der Waals surface area contributed by atoms with Gasteiger partial charge in [0.2, 0.25) is 0 Å². The molecule has 0 aliphatic carbocycles. The van der Waals surface area contributed by atoms with Crippen molar-refractivity contribution in [3.05, 3.63) is 52.4 Å². The Hall–Kier alpha value is -1.96. The van der Waals surface area contributed by atoms with Crippen LogP contribution < -0.4 is 5.32 Å². The number of nitrogens with zero attached hydrogens (tertiary/aromatic N) is 2. The molecule has 0 unspecified atom stereocenters. The molecule has 2 heterocycles. The molecule has 1 aliphatic rings. The summed E-state index contributed by atoms with van der Waals surface area (Å²) < 4.78 is 4.95. The minimum absolute atomic E-state index is 0.343. The van der Waals surface area contributed by atoms with Crippen molar-refractivity contribution in [2.45, 2.75) is 6.42 Å². The van der Waals surface area contributed by atoms with Crippen LogP contribution in [-0.4, -0.2) is 61.2 Å². The van der Waals surface area contributed by atoms with Gasteiger partial charge in [-0.1, -0.05) is 30.3 Å². The zero-order chi connectivity index (χ0) is 18.5. The molecule has 1 saturated heterocycles. The smallest absolute Gasteiger partial charge is 0.340 e. The average Bonchev–Trinajstić information content (AvgIpc) is 3.04. The minimum Gasteiger partial charge on any atom is -0.465 e.